The Balaban J connectivity index is 2.37. The molecule has 0 spiro atoms. The average Bonchev–Trinajstić information content (AvgIpc) is 2.64. The van der Waals surface area contributed by atoms with E-state index >= 15 is 0 Å². The van der Waals surface area contributed by atoms with Gasteiger partial charge >= 0.3 is 5.97 Å². The predicted molar refractivity (Wildman–Crippen MR) is 104 cm³/mol. The first-order valence-corrected chi connectivity index (χ1v) is 9.94. The van der Waals surface area contributed by atoms with Crippen LogP contribution in [0.1, 0.15) is 38.3 Å². The first kappa shape index (κ1) is 20.7. The molecular weight excluding hydrogens is 400 g/mol. The maximum atomic E-state index is 12.6. The van der Waals surface area contributed by atoms with Gasteiger partial charge in [-0.1, -0.05) is 28.1 Å². The number of unbranched alkanes of at least 4 members (excludes halogenated alkanes) is 1. The molecular formula is C19H27BrN2O4. The fourth-order valence-electron chi connectivity index (χ4n) is 3.07. The number of carbonyl (C=O) groups is 1. The van der Waals surface area contributed by atoms with Gasteiger partial charge in [0.15, 0.2) is 6.35 Å². The Morgan fingerprint density at radius 3 is 2.58 bits per heavy atom. The van der Waals surface area contributed by atoms with Crippen molar-refractivity contribution in [2.45, 2.75) is 39.1 Å². The van der Waals surface area contributed by atoms with Gasteiger partial charge in [0.25, 0.3) is 0 Å². The summed E-state index contributed by atoms with van der Waals surface area (Å²) in [4.78, 5) is 14.5. The molecule has 1 aliphatic rings. The van der Waals surface area contributed by atoms with Crippen LogP contribution in [0, 0.1) is 0 Å². The number of ether oxygens (including phenoxy) is 2. The molecule has 26 heavy (non-hydrogen) atoms. The number of carbonyl (C=O) groups excluding carboxylic acids is 1. The zero-order chi connectivity index (χ0) is 19.1. The monoisotopic (exact) mass is 426 g/mol. The lowest BCUT2D eigenvalue weighted by atomic mass is 9.94. The molecule has 144 valence electrons. The summed E-state index contributed by atoms with van der Waals surface area (Å²) in [6.07, 6.45) is 1.04. The lowest BCUT2D eigenvalue weighted by molar-refractivity contribution is -0.140. The van der Waals surface area contributed by atoms with Crippen molar-refractivity contribution in [3.8, 4) is 5.75 Å². The van der Waals surface area contributed by atoms with E-state index in [9.17, 15) is 9.90 Å². The van der Waals surface area contributed by atoms with Gasteiger partial charge in [-0.05, 0) is 44.4 Å². The lowest BCUT2D eigenvalue weighted by Crippen LogP contribution is -2.52. The van der Waals surface area contributed by atoms with Gasteiger partial charge in [0.05, 0.1) is 25.3 Å². The van der Waals surface area contributed by atoms with E-state index in [-0.39, 0.29) is 5.97 Å². The molecule has 0 saturated heterocycles. The standard InChI is InChI=1S/C19H27BrN2O4/c1-4-26-18(23)16-13(2)22(12-6-5-11-20)19(24)21-17(16)14-7-9-15(25-3)10-8-14/h7-10,17,19,21,24H,4-6,11-12H2,1-3H3. The zero-order valence-electron chi connectivity index (χ0n) is 15.5. The molecule has 2 unspecified atom stereocenters. The van der Waals surface area contributed by atoms with E-state index in [0.29, 0.717) is 18.7 Å². The number of aliphatic hydroxyl groups excluding tert-OH is 1. The van der Waals surface area contributed by atoms with E-state index in [1.165, 1.54) is 0 Å². The number of halogens is 1. The lowest BCUT2D eigenvalue weighted by Gasteiger charge is -2.40. The van der Waals surface area contributed by atoms with E-state index < -0.39 is 12.4 Å². The Morgan fingerprint density at radius 2 is 2.00 bits per heavy atom. The first-order valence-electron chi connectivity index (χ1n) is 8.82. The number of esters is 1. The quantitative estimate of drug-likeness (QED) is 0.378. The van der Waals surface area contributed by atoms with Crippen molar-refractivity contribution in [3.05, 3.63) is 41.1 Å². The van der Waals surface area contributed by atoms with Gasteiger partial charge < -0.3 is 19.5 Å². The topological polar surface area (TPSA) is 71.0 Å². The van der Waals surface area contributed by atoms with Crippen molar-refractivity contribution in [2.24, 2.45) is 0 Å². The molecule has 2 rings (SSSR count). The van der Waals surface area contributed by atoms with Gasteiger partial charge in [-0.3, -0.25) is 5.32 Å². The Kier molecular flexibility index (Phi) is 7.93. The molecule has 1 aromatic rings. The van der Waals surface area contributed by atoms with Gasteiger partial charge in [0.1, 0.15) is 5.75 Å². The molecule has 0 radical (unpaired) electrons. The van der Waals surface area contributed by atoms with E-state index in [1.807, 2.05) is 36.1 Å². The SMILES string of the molecule is CCOC(=O)C1=C(C)N(CCCCBr)C(O)NC1c1ccc(OC)cc1. The van der Waals surface area contributed by atoms with Crippen molar-refractivity contribution in [1.29, 1.82) is 0 Å². The Bertz CT molecular complexity index is 633. The van der Waals surface area contributed by atoms with Crippen LogP contribution in [-0.4, -0.2) is 47.9 Å². The third-order valence-corrected chi connectivity index (χ3v) is 5.01. The van der Waals surface area contributed by atoms with Crippen LogP contribution in [-0.2, 0) is 9.53 Å². The molecule has 7 heteroatoms. The number of aliphatic hydroxyl groups is 1. The van der Waals surface area contributed by atoms with Crippen molar-refractivity contribution in [3.63, 3.8) is 0 Å². The van der Waals surface area contributed by atoms with Gasteiger partial charge in [-0.2, -0.15) is 0 Å². The highest BCUT2D eigenvalue weighted by atomic mass is 79.9. The van der Waals surface area contributed by atoms with Gasteiger partial charge in [-0.15, -0.1) is 0 Å². The predicted octanol–water partition coefficient (Wildman–Crippen LogP) is 2.93. The summed E-state index contributed by atoms with van der Waals surface area (Å²) >= 11 is 3.42. The summed E-state index contributed by atoms with van der Waals surface area (Å²) in [6, 6.07) is 7.00. The molecule has 0 saturated carbocycles. The highest BCUT2D eigenvalue weighted by Crippen LogP contribution is 2.33. The summed E-state index contributed by atoms with van der Waals surface area (Å²) in [7, 11) is 1.61. The minimum Gasteiger partial charge on any atom is -0.497 e. The van der Waals surface area contributed by atoms with Gasteiger partial charge in [0.2, 0.25) is 0 Å². The van der Waals surface area contributed by atoms with E-state index in [2.05, 4.69) is 21.2 Å². The summed E-state index contributed by atoms with van der Waals surface area (Å²) in [5.41, 5.74) is 2.14. The second-order valence-electron chi connectivity index (χ2n) is 6.06. The second-order valence-corrected chi connectivity index (χ2v) is 6.85. The molecule has 2 atom stereocenters. The Hall–Kier alpha value is -1.57. The molecule has 0 aliphatic carbocycles. The summed E-state index contributed by atoms with van der Waals surface area (Å²) < 4.78 is 10.5. The molecule has 2 N–H and O–H groups in total. The molecule has 1 aromatic carbocycles. The Labute approximate surface area is 163 Å². The molecule has 1 aliphatic heterocycles. The molecule has 0 amide bonds. The van der Waals surface area contributed by atoms with Gasteiger partial charge in [0, 0.05) is 17.6 Å². The number of rotatable bonds is 8. The number of benzene rings is 1. The highest BCUT2D eigenvalue weighted by molar-refractivity contribution is 9.09. The highest BCUT2D eigenvalue weighted by Gasteiger charge is 2.36. The molecule has 0 bridgehead atoms. The summed E-state index contributed by atoms with van der Waals surface area (Å²) in [5, 5.41) is 14.6. The van der Waals surface area contributed by atoms with Crippen LogP contribution in [0.3, 0.4) is 0 Å². The molecule has 0 aromatic heterocycles. The Morgan fingerprint density at radius 1 is 1.31 bits per heavy atom. The largest absolute Gasteiger partial charge is 0.497 e. The van der Waals surface area contributed by atoms with Crippen molar-refractivity contribution < 1.29 is 19.4 Å². The second kappa shape index (κ2) is 9.94. The van der Waals surface area contributed by atoms with Crippen LogP contribution in [0.4, 0.5) is 0 Å². The van der Waals surface area contributed by atoms with Crippen LogP contribution in [0.2, 0.25) is 0 Å². The third-order valence-electron chi connectivity index (χ3n) is 4.45. The van der Waals surface area contributed by atoms with Crippen LogP contribution < -0.4 is 10.1 Å². The van der Waals surface area contributed by atoms with E-state index in [0.717, 1.165) is 35.2 Å². The zero-order valence-corrected chi connectivity index (χ0v) is 17.1. The number of alkyl halides is 1. The fourth-order valence-corrected chi connectivity index (χ4v) is 3.47. The number of hydrogen-bond donors (Lipinski definition) is 2. The summed E-state index contributed by atoms with van der Waals surface area (Å²) in [5.74, 6) is 0.371. The van der Waals surface area contributed by atoms with E-state index in [4.69, 9.17) is 9.47 Å². The minimum absolute atomic E-state index is 0.303. The number of methoxy groups -OCH3 is 1. The first-order chi connectivity index (χ1) is 12.5. The smallest absolute Gasteiger partial charge is 0.337 e. The van der Waals surface area contributed by atoms with Crippen molar-refractivity contribution in [2.75, 3.05) is 25.6 Å². The minimum atomic E-state index is -0.865. The van der Waals surface area contributed by atoms with Crippen LogP contribution in [0.25, 0.3) is 0 Å². The number of nitrogens with one attached hydrogen (secondary N) is 1. The van der Waals surface area contributed by atoms with Crippen molar-refractivity contribution >= 4 is 21.9 Å². The maximum Gasteiger partial charge on any atom is 0.337 e. The van der Waals surface area contributed by atoms with Gasteiger partial charge in [-0.25, -0.2) is 4.79 Å². The average molecular weight is 427 g/mol. The summed E-state index contributed by atoms with van der Waals surface area (Å²) in [6.45, 7) is 4.61. The van der Waals surface area contributed by atoms with E-state index in [1.54, 1.807) is 14.0 Å². The van der Waals surface area contributed by atoms with Crippen LogP contribution in [0.5, 0.6) is 5.75 Å². The molecule has 0 fully saturated rings. The number of nitrogens with zero attached hydrogens (tertiary/aromatic N) is 1. The molecule has 6 nitrogen and oxygen atoms in total. The number of hydrogen-bond acceptors (Lipinski definition) is 6. The fraction of sp³-hybridized carbons (Fsp3) is 0.526. The maximum absolute atomic E-state index is 12.6. The van der Waals surface area contributed by atoms with Crippen molar-refractivity contribution in [1.82, 2.24) is 10.2 Å². The molecule has 1 heterocycles. The number of allylic oxidation sites excluding steroid dienone is 1. The normalized spacial score (nSPS) is 20.3. The van der Waals surface area contributed by atoms with Crippen LogP contribution in [0.15, 0.2) is 35.5 Å². The third kappa shape index (κ3) is 4.78. The van der Waals surface area contributed by atoms with Crippen LogP contribution >= 0.6 is 15.9 Å².